The lowest BCUT2D eigenvalue weighted by Crippen LogP contribution is -2.09. The summed E-state index contributed by atoms with van der Waals surface area (Å²) < 4.78 is 4.93. The minimum atomic E-state index is -0.339. The summed E-state index contributed by atoms with van der Waals surface area (Å²) in [6, 6.07) is 0. The second kappa shape index (κ2) is 5.84. The van der Waals surface area contributed by atoms with Crippen molar-refractivity contribution in [2.45, 2.75) is 27.7 Å². The quantitative estimate of drug-likeness (QED) is 0.807. The van der Waals surface area contributed by atoms with E-state index in [-0.39, 0.29) is 5.97 Å². The van der Waals surface area contributed by atoms with Crippen LogP contribution in [0, 0.1) is 12.8 Å². The number of esters is 1. The fourth-order valence-electron chi connectivity index (χ4n) is 1.15. The van der Waals surface area contributed by atoms with Crippen molar-refractivity contribution in [3.8, 4) is 0 Å². The summed E-state index contributed by atoms with van der Waals surface area (Å²) in [6.45, 7) is 9.15. The van der Waals surface area contributed by atoms with Gasteiger partial charge in [0.05, 0.1) is 6.61 Å². The van der Waals surface area contributed by atoms with Crippen LogP contribution in [0.3, 0.4) is 0 Å². The van der Waals surface area contributed by atoms with Crippen LogP contribution >= 0.6 is 11.3 Å². The van der Waals surface area contributed by atoms with Crippen LogP contribution in [0.1, 0.15) is 36.1 Å². The molecule has 0 saturated heterocycles. The highest BCUT2D eigenvalue weighted by molar-refractivity contribution is 7.15. The second-order valence-corrected chi connectivity index (χ2v) is 5.12. The summed E-state index contributed by atoms with van der Waals surface area (Å²) in [5.74, 6) is 0.212. The maximum atomic E-state index is 11.5. The van der Waals surface area contributed by atoms with Gasteiger partial charge in [-0.15, -0.1) is 11.3 Å². The molecule has 0 atom stereocenters. The number of hydrogen-bond acceptors (Lipinski definition) is 5. The maximum absolute atomic E-state index is 11.5. The normalized spacial score (nSPS) is 10.6. The number of nitrogens with one attached hydrogen (secondary N) is 1. The predicted octanol–water partition coefficient (Wildman–Crippen LogP) is 2.70. The number of ether oxygens (including phenoxy) is 1. The molecule has 0 saturated carbocycles. The average molecular weight is 242 g/mol. The van der Waals surface area contributed by atoms with Crippen LogP contribution in [0.25, 0.3) is 0 Å². The minimum Gasteiger partial charge on any atom is -0.461 e. The minimum absolute atomic E-state index is 0.339. The summed E-state index contributed by atoms with van der Waals surface area (Å²) >= 11 is 1.49. The summed E-state index contributed by atoms with van der Waals surface area (Å²) in [7, 11) is 0. The van der Waals surface area contributed by atoms with Crippen molar-refractivity contribution in [1.29, 1.82) is 0 Å². The van der Waals surface area contributed by atoms with Gasteiger partial charge in [-0.2, -0.15) is 0 Å². The van der Waals surface area contributed by atoms with Crippen molar-refractivity contribution in [3.05, 3.63) is 10.6 Å². The molecule has 1 heterocycles. The van der Waals surface area contributed by atoms with E-state index in [1.54, 1.807) is 6.92 Å². The number of aryl methyl sites for hydroxylation is 1. The van der Waals surface area contributed by atoms with E-state index in [1.807, 2.05) is 6.92 Å². The Kier molecular flexibility index (Phi) is 4.73. The van der Waals surface area contributed by atoms with Gasteiger partial charge in [-0.05, 0) is 19.8 Å². The lowest BCUT2D eigenvalue weighted by atomic mass is 10.2. The van der Waals surface area contributed by atoms with Gasteiger partial charge in [-0.1, -0.05) is 13.8 Å². The Bertz CT molecular complexity index is 361. The van der Waals surface area contributed by atoms with Crippen molar-refractivity contribution in [1.82, 2.24) is 4.98 Å². The molecule has 5 heteroatoms. The number of aromatic nitrogens is 1. The van der Waals surface area contributed by atoms with E-state index in [1.165, 1.54) is 11.3 Å². The van der Waals surface area contributed by atoms with Crippen molar-refractivity contribution >= 4 is 22.4 Å². The van der Waals surface area contributed by atoms with Crippen LogP contribution in [-0.4, -0.2) is 24.1 Å². The van der Waals surface area contributed by atoms with Crippen molar-refractivity contribution in [2.75, 3.05) is 18.5 Å². The van der Waals surface area contributed by atoms with E-state index in [0.717, 1.165) is 16.6 Å². The number of hydrogen-bond donors (Lipinski definition) is 1. The molecule has 0 bridgehead atoms. The molecule has 4 nitrogen and oxygen atoms in total. The third kappa shape index (κ3) is 3.48. The molecule has 0 unspecified atom stereocenters. The average Bonchev–Trinajstić information content (AvgIpc) is 2.57. The van der Waals surface area contributed by atoms with Crippen molar-refractivity contribution in [2.24, 2.45) is 5.92 Å². The number of anilines is 1. The number of rotatable bonds is 5. The smallest absolute Gasteiger partial charge is 0.358 e. The summed E-state index contributed by atoms with van der Waals surface area (Å²) in [5.41, 5.74) is 0.429. The highest BCUT2D eigenvalue weighted by Crippen LogP contribution is 2.22. The fourth-order valence-corrected chi connectivity index (χ4v) is 1.96. The molecule has 0 aliphatic carbocycles. The largest absolute Gasteiger partial charge is 0.461 e. The molecule has 0 aliphatic heterocycles. The van der Waals surface area contributed by atoms with E-state index in [0.29, 0.717) is 18.2 Å². The number of thiazole rings is 1. The summed E-state index contributed by atoms with van der Waals surface area (Å²) in [6.07, 6.45) is 0. The zero-order valence-electron chi connectivity index (χ0n) is 10.2. The molecule has 90 valence electrons. The van der Waals surface area contributed by atoms with E-state index in [2.05, 4.69) is 24.1 Å². The lowest BCUT2D eigenvalue weighted by Gasteiger charge is -2.04. The van der Waals surface area contributed by atoms with E-state index in [4.69, 9.17) is 4.74 Å². The van der Waals surface area contributed by atoms with Crippen LogP contribution < -0.4 is 5.32 Å². The van der Waals surface area contributed by atoms with Crippen LogP contribution in [0.2, 0.25) is 0 Å². The summed E-state index contributed by atoms with van der Waals surface area (Å²) in [4.78, 5) is 16.6. The van der Waals surface area contributed by atoms with Gasteiger partial charge >= 0.3 is 5.97 Å². The molecule has 0 radical (unpaired) electrons. The number of carbonyl (C=O) groups is 1. The van der Waals surface area contributed by atoms with E-state index >= 15 is 0 Å². The molecule has 1 N–H and O–H groups in total. The van der Waals surface area contributed by atoms with E-state index < -0.39 is 0 Å². The third-order valence-electron chi connectivity index (χ3n) is 1.93. The van der Waals surface area contributed by atoms with Gasteiger partial charge in [-0.25, -0.2) is 9.78 Å². The van der Waals surface area contributed by atoms with E-state index in [9.17, 15) is 4.79 Å². The van der Waals surface area contributed by atoms with Crippen LogP contribution in [0.4, 0.5) is 5.13 Å². The van der Waals surface area contributed by atoms with Gasteiger partial charge in [-0.3, -0.25) is 0 Å². The van der Waals surface area contributed by atoms with Crippen LogP contribution in [0.5, 0.6) is 0 Å². The molecular formula is C11H18N2O2S. The van der Waals surface area contributed by atoms with Crippen molar-refractivity contribution in [3.63, 3.8) is 0 Å². The Morgan fingerprint density at radius 2 is 2.25 bits per heavy atom. The molecular weight excluding hydrogens is 224 g/mol. The molecule has 1 aromatic rings. The first-order chi connectivity index (χ1) is 7.54. The topological polar surface area (TPSA) is 51.2 Å². The maximum Gasteiger partial charge on any atom is 0.358 e. The Morgan fingerprint density at radius 1 is 1.56 bits per heavy atom. The first kappa shape index (κ1) is 13.0. The zero-order chi connectivity index (χ0) is 12.1. The monoisotopic (exact) mass is 242 g/mol. The van der Waals surface area contributed by atoms with Crippen LogP contribution in [-0.2, 0) is 4.74 Å². The molecule has 1 rings (SSSR count). The molecule has 0 spiro atoms. The SMILES string of the molecule is CCOC(=O)c1nc(NCC(C)C)sc1C. The van der Waals surface area contributed by atoms with Gasteiger partial charge < -0.3 is 10.1 Å². The first-order valence-corrected chi connectivity index (χ1v) is 6.24. The molecule has 0 amide bonds. The molecule has 1 aromatic heterocycles. The Labute approximate surface area is 100 Å². The fraction of sp³-hybridized carbons (Fsp3) is 0.636. The molecule has 0 aliphatic rings. The molecule has 0 fully saturated rings. The lowest BCUT2D eigenvalue weighted by molar-refractivity contribution is 0.0519. The predicted molar refractivity (Wildman–Crippen MR) is 66.1 cm³/mol. The van der Waals surface area contributed by atoms with Gasteiger partial charge in [0.2, 0.25) is 0 Å². The number of carbonyl (C=O) groups excluding carboxylic acids is 1. The zero-order valence-corrected chi connectivity index (χ0v) is 11.0. The van der Waals surface area contributed by atoms with Gasteiger partial charge in [0.25, 0.3) is 0 Å². The Balaban J connectivity index is 2.69. The van der Waals surface area contributed by atoms with Crippen molar-refractivity contribution < 1.29 is 9.53 Å². The van der Waals surface area contributed by atoms with Crippen LogP contribution in [0.15, 0.2) is 0 Å². The van der Waals surface area contributed by atoms with Gasteiger partial charge in [0.1, 0.15) is 0 Å². The molecule has 16 heavy (non-hydrogen) atoms. The molecule has 0 aromatic carbocycles. The standard InChI is InChI=1S/C11H18N2O2S/c1-5-15-10(14)9-8(4)16-11(13-9)12-6-7(2)3/h7H,5-6H2,1-4H3,(H,12,13). The highest BCUT2D eigenvalue weighted by Gasteiger charge is 2.16. The summed E-state index contributed by atoms with van der Waals surface area (Å²) in [5, 5.41) is 3.99. The van der Waals surface area contributed by atoms with Gasteiger partial charge in [0.15, 0.2) is 10.8 Å². The highest BCUT2D eigenvalue weighted by atomic mass is 32.1. The second-order valence-electron chi connectivity index (χ2n) is 3.92. The Hall–Kier alpha value is -1.10. The first-order valence-electron chi connectivity index (χ1n) is 5.43. The Morgan fingerprint density at radius 3 is 2.81 bits per heavy atom. The third-order valence-corrected chi connectivity index (χ3v) is 2.86. The van der Waals surface area contributed by atoms with Gasteiger partial charge in [0, 0.05) is 11.4 Å². The number of nitrogens with zero attached hydrogens (tertiary/aromatic N) is 1.